The molecule has 0 saturated heterocycles. The fourth-order valence-electron chi connectivity index (χ4n) is 4.71. The number of benzene rings is 3. The van der Waals surface area contributed by atoms with Gasteiger partial charge in [0.2, 0.25) is 0 Å². The van der Waals surface area contributed by atoms with Gasteiger partial charge in [0.25, 0.3) is 0 Å². The molecule has 33 heavy (non-hydrogen) atoms. The standard InChI is InChI=1S/C29H25N3S/c1-3-18(2)27-30-28(20-11-5-4-6-12-20)32-29(31-27)24-15-9-14-22-23-17-16-19-10-7-8-13-21(19)25(23)33-26(22)24/h4-18,23,25H,3H2,1-2H3. The lowest BCUT2D eigenvalue weighted by Gasteiger charge is -2.23. The summed E-state index contributed by atoms with van der Waals surface area (Å²) in [6.45, 7) is 4.37. The topological polar surface area (TPSA) is 38.7 Å². The molecular weight excluding hydrogens is 422 g/mol. The molecule has 4 heteroatoms. The first-order valence-corrected chi connectivity index (χ1v) is 12.5. The van der Waals surface area contributed by atoms with Crippen LogP contribution in [0.25, 0.3) is 28.9 Å². The van der Waals surface area contributed by atoms with Crippen LogP contribution in [0.15, 0.2) is 83.8 Å². The van der Waals surface area contributed by atoms with Gasteiger partial charge in [0, 0.05) is 33.1 Å². The Hall–Kier alpha value is -3.24. The van der Waals surface area contributed by atoms with Crippen LogP contribution in [-0.2, 0) is 0 Å². The molecule has 0 bridgehead atoms. The SMILES string of the molecule is CCC(C)c1nc(-c2ccccc2)nc(-c2cccc3c2SC2c4ccccc4C=CC32)n1. The fourth-order valence-corrected chi connectivity index (χ4v) is 6.32. The summed E-state index contributed by atoms with van der Waals surface area (Å²) in [4.78, 5) is 16.1. The van der Waals surface area contributed by atoms with Gasteiger partial charge in [0.1, 0.15) is 5.82 Å². The Bertz CT molecular complexity index is 1360. The normalized spacial score (nSPS) is 19.0. The third kappa shape index (κ3) is 3.50. The third-order valence-electron chi connectivity index (χ3n) is 6.74. The molecule has 4 aromatic rings. The number of hydrogen-bond donors (Lipinski definition) is 0. The molecule has 3 unspecified atom stereocenters. The van der Waals surface area contributed by atoms with E-state index in [1.165, 1.54) is 21.6 Å². The average molecular weight is 448 g/mol. The lowest BCUT2D eigenvalue weighted by molar-refractivity contribution is 0.674. The van der Waals surface area contributed by atoms with Crippen LogP contribution in [0.2, 0.25) is 0 Å². The van der Waals surface area contributed by atoms with E-state index in [-0.39, 0.29) is 5.92 Å². The number of fused-ring (bicyclic) bond motifs is 5. The van der Waals surface area contributed by atoms with Crippen LogP contribution < -0.4 is 0 Å². The molecule has 1 aromatic heterocycles. The predicted octanol–water partition coefficient (Wildman–Crippen LogP) is 7.68. The summed E-state index contributed by atoms with van der Waals surface area (Å²) < 4.78 is 0. The minimum Gasteiger partial charge on any atom is -0.213 e. The molecule has 0 N–H and O–H groups in total. The van der Waals surface area contributed by atoms with Gasteiger partial charge < -0.3 is 0 Å². The smallest absolute Gasteiger partial charge is 0.164 e. The molecule has 1 aliphatic carbocycles. The van der Waals surface area contributed by atoms with Crippen molar-refractivity contribution in [3.63, 3.8) is 0 Å². The van der Waals surface area contributed by atoms with E-state index < -0.39 is 0 Å². The largest absolute Gasteiger partial charge is 0.213 e. The van der Waals surface area contributed by atoms with Gasteiger partial charge in [0.05, 0.1) is 0 Å². The van der Waals surface area contributed by atoms with Crippen molar-refractivity contribution in [3.8, 4) is 22.8 Å². The molecule has 6 rings (SSSR count). The van der Waals surface area contributed by atoms with Gasteiger partial charge in [-0.1, -0.05) is 98.8 Å². The molecule has 2 heterocycles. The van der Waals surface area contributed by atoms with E-state index in [4.69, 9.17) is 15.0 Å². The Labute approximate surface area is 199 Å². The molecular formula is C29H25N3S. The van der Waals surface area contributed by atoms with Crippen molar-refractivity contribution in [2.24, 2.45) is 0 Å². The molecule has 0 radical (unpaired) electrons. The van der Waals surface area contributed by atoms with Crippen LogP contribution in [0.4, 0.5) is 0 Å². The van der Waals surface area contributed by atoms with Crippen molar-refractivity contribution >= 4 is 17.8 Å². The van der Waals surface area contributed by atoms with Crippen LogP contribution in [0, 0.1) is 0 Å². The first kappa shape index (κ1) is 20.4. The number of nitrogens with zero attached hydrogens (tertiary/aromatic N) is 3. The van der Waals surface area contributed by atoms with E-state index >= 15 is 0 Å². The lowest BCUT2D eigenvalue weighted by Crippen LogP contribution is -2.06. The Morgan fingerprint density at radius 2 is 1.58 bits per heavy atom. The maximum atomic E-state index is 4.99. The zero-order valence-corrected chi connectivity index (χ0v) is 19.6. The maximum Gasteiger partial charge on any atom is 0.164 e. The summed E-state index contributed by atoms with van der Waals surface area (Å²) in [5.74, 6) is 3.04. The number of aromatic nitrogens is 3. The fraction of sp³-hybridized carbons (Fsp3) is 0.207. The highest BCUT2D eigenvalue weighted by Gasteiger charge is 2.37. The Kier molecular flexibility index (Phi) is 5.11. The number of rotatable bonds is 4. The molecule has 0 fully saturated rings. The van der Waals surface area contributed by atoms with Crippen LogP contribution in [0.1, 0.15) is 59.9 Å². The van der Waals surface area contributed by atoms with Crippen LogP contribution in [0.3, 0.4) is 0 Å². The van der Waals surface area contributed by atoms with Crippen LogP contribution >= 0.6 is 11.8 Å². The Morgan fingerprint density at radius 1 is 0.818 bits per heavy atom. The zero-order chi connectivity index (χ0) is 22.4. The second-order valence-electron chi connectivity index (χ2n) is 8.79. The summed E-state index contributed by atoms with van der Waals surface area (Å²) >= 11 is 1.95. The molecule has 0 amide bonds. The van der Waals surface area contributed by atoms with Crippen molar-refractivity contribution in [3.05, 3.63) is 101 Å². The first-order valence-electron chi connectivity index (χ1n) is 11.6. The monoisotopic (exact) mass is 447 g/mol. The van der Waals surface area contributed by atoms with E-state index in [0.717, 1.165) is 35.0 Å². The first-order chi connectivity index (χ1) is 16.2. The molecule has 3 aromatic carbocycles. The lowest BCUT2D eigenvalue weighted by atomic mass is 9.84. The van der Waals surface area contributed by atoms with Gasteiger partial charge in [-0.2, -0.15) is 0 Å². The highest BCUT2D eigenvalue weighted by atomic mass is 32.2. The van der Waals surface area contributed by atoms with Crippen molar-refractivity contribution in [2.75, 3.05) is 0 Å². The van der Waals surface area contributed by atoms with Gasteiger partial charge in [-0.15, -0.1) is 11.8 Å². The highest BCUT2D eigenvalue weighted by Crippen LogP contribution is 2.59. The minimum absolute atomic E-state index is 0.274. The summed E-state index contributed by atoms with van der Waals surface area (Å²) in [6.07, 6.45) is 5.63. The van der Waals surface area contributed by atoms with Crippen molar-refractivity contribution < 1.29 is 0 Å². The number of thioether (sulfide) groups is 1. The quantitative estimate of drug-likeness (QED) is 0.322. The third-order valence-corrected chi connectivity index (χ3v) is 8.23. The second kappa shape index (κ2) is 8.27. The number of hydrogen-bond acceptors (Lipinski definition) is 4. The van der Waals surface area contributed by atoms with E-state index in [9.17, 15) is 0 Å². The van der Waals surface area contributed by atoms with Crippen LogP contribution in [-0.4, -0.2) is 15.0 Å². The summed E-state index contributed by atoms with van der Waals surface area (Å²) in [5.41, 5.74) is 6.25. The van der Waals surface area contributed by atoms with E-state index in [2.05, 4.69) is 80.6 Å². The molecule has 0 saturated carbocycles. The molecule has 3 atom stereocenters. The van der Waals surface area contributed by atoms with Gasteiger partial charge in [-0.3, -0.25) is 0 Å². The van der Waals surface area contributed by atoms with Crippen molar-refractivity contribution in [2.45, 2.75) is 42.2 Å². The van der Waals surface area contributed by atoms with Gasteiger partial charge in [0.15, 0.2) is 11.6 Å². The molecule has 2 aliphatic rings. The summed E-state index contributed by atoms with van der Waals surface area (Å²) in [7, 11) is 0. The van der Waals surface area contributed by atoms with E-state index in [1.54, 1.807) is 0 Å². The van der Waals surface area contributed by atoms with Crippen molar-refractivity contribution in [1.29, 1.82) is 0 Å². The molecule has 0 spiro atoms. The van der Waals surface area contributed by atoms with E-state index in [0.29, 0.717) is 11.2 Å². The molecule has 1 aliphatic heterocycles. The van der Waals surface area contributed by atoms with Gasteiger partial charge in [-0.25, -0.2) is 15.0 Å². The van der Waals surface area contributed by atoms with Gasteiger partial charge >= 0.3 is 0 Å². The molecule has 3 nitrogen and oxygen atoms in total. The second-order valence-corrected chi connectivity index (χ2v) is 9.94. The van der Waals surface area contributed by atoms with E-state index in [1.807, 2.05) is 30.0 Å². The Balaban J connectivity index is 1.49. The Morgan fingerprint density at radius 3 is 2.42 bits per heavy atom. The zero-order valence-electron chi connectivity index (χ0n) is 18.8. The number of allylic oxidation sites excluding steroid dienone is 1. The average Bonchev–Trinajstić information content (AvgIpc) is 3.28. The van der Waals surface area contributed by atoms with Gasteiger partial charge in [-0.05, 0) is 23.1 Å². The highest BCUT2D eigenvalue weighted by molar-refractivity contribution is 8.00. The molecule has 162 valence electrons. The summed E-state index contributed by atoms with van der Waals surface area (Å²) in [5, 5.41) is 0.395. The summed E-state index contributed by atoms with van der Waals surface area (Å²) in [6, 6.07) is 25.6. The maximum absolute atomic E-state index is 4.99. The minimum atomic E-state index is 0.274. The van der Waals surface area contributed by atoms with Crippen LogP contribution in [0.5, 0.6) is 0 Å². The van der Waals surface area contributed by atoms with Crippen molar-refractivity contribution in [1.82, 2.24) is 15.0 Å². The predicted molar refractivity (Wildman–Crippen MR) is 136 cm³/mol.